The smallest absolute Gasteiger partial charge is 0.334 e. The molecule has 1 unspecified atom stereocenters. The van der Waals surface area contributed by atoms with Gasteiger partial charge in [0.05, 0.1) is 4.90 Å². The molecule has 2 aromatic rings. The zero-order chi connectivity index (χ0) is 18.7. The van der Waals surface area contributed by atoms with E-state index >= 15 is 0 Å². The van der Waals surface area contributed by atoms with Gasteiger partial charge in [-0.05, 0) is 30.2 Å². The highest BCUT2D eigenvalue weighted by Gasteiger charge is 2.40. The van der Waals surface area contributed by atoms with Crippen molar-refractivity contribution in [1.29, 1.82) is 0 Å². The molecule has 1 amide bonds. The van der Waals surface area contributed by atoms with E-state index in [1.54, 1.807) is 37.3 Å². The topological polar surface area (TPSA) is 121 Å². The number of carboxylic acids is 1. The van der Waals surface area contributed by atoms with Gasteiger partial charge >= 0.3 is 5.97 Å². The Morgan fingerprint density at radius 2 is 1.72 bits per heavy atom. The van der Waals surface area contributed by atoms with E-state index in [0.717, 1.165) is 12.1 Å². The van der Waals surface area contributed by atoms with Gasteiger partial charge < -0.3 is 10.4 Å². The fourth-order valence-electron chi connectivity index (χ4n) is 2.48. The molecule has 0 spiro atoms. The van der Waals surface area contributed by atoms with Crippen molar-refractivity contribution in [3.8, 4) is 0 Å². The van der Waals surface area contributed by atoms with Gasteiger partial charge in [-0.2, -0.15) is 8.42 Å². The zero-order valence-electron chi connectivity index (χ0n) is 13.3. The lowest BCUT2D eigenvalue weighted by Crippen LogP contribution is -2.51. The molecule has 0 aromatic heterocycles. The Balaban J connectivity index is 2.44. The van der Waals surface area contributed by atoms with Crippen molar-refractivity contribution in [2.45, 2.75) is 23.8 Å². The highest BCUT2D eigenvalue weighted by atomic mass is 32.2. The van der Waals surface area contributed by atoms with Crippen LogP contribution in [0.2, 0.25) is 0 Å². The van der Waals surface area contributed by atoms with Crippen LogP contribution < -0.4 is 5.32 Å². The van der Waals surface area contributed by atoms with Crippen molar-refractivity contribution in [3.63, 3.8) is 0 Å². The Hall–Kier alpha value is -2.71. The summed E-state index contributed by atoms with van der Waals surface area (Å²) in [5.74, 6) is -2.00. The van der Waals surface area contributed by atoms with Crippen molar-refractivity contribution in [2.75, 3.05) is 0 Å². The summed E-state index contributed by atoms with van der Waals surface area (Å²) in [6, 6.07) is 13.0. The first-order valence-corrected chi connectivity index (χ1v) is 8.83. The Kier molecular flexibility index (Phi) is 5.24. The monoisotopic (exact) mass is 363 g/mol. The second kappa shape index (κ2) is 7.04. The van der Waals surface area contributed by atoms with Gasteiger partial charge in [0.2, 0.25) is 0 Å². The minimum Gasteiger partial charge on any atom is -0.479 e. The van der Waals surface area contributed by atoms with Crippen LogP contribution in [0.5, 0.6) is 0 Å². The Bertz CT molecular complexity index is 894. The van der Waals surface area contributed by atoms with Gasteiger partial charge in [0, 0.05) is 5.56 Å². The first kappa shape index (κ1) is 18.6. The molecule has 0 saturated heterocycles. The van der Waals surface area contributed by atoms with Gasteiger partial charge in [-0.1, -0.05) is 43.3 Å². The average molecular weight is 363 g/mol. The van der Waals surface area contributed by atoms with Crippen LogP contribution in [0.4, 0.5) is 0 Å². The zero-order valence-corrected chi connectivity index (χ0v) is 14.2. The van der Waals surface area contributed by atoms with E-state index in [1.165, 1.54) is 12.1 Å². The molecule has 0 radical (unpaired) electrons. The van der Waals surface area contributed by atoms with Crippen LogP contribution in [-0.4, -0.2) is 30.0 Å². The summed E-state index contributed by atoms with van der Waals surface area (Å²) >= 11 is 0. The maximum Gasteiger partial charge on any atom is 0.334 e. The van der Waals surface area contributed by atoms with E-state index in [1.807, 2.05) is 0 Å². The minimum absolute atomic E-state index is 0.0786. The molecular weight excluding hydrogens is 346 g/mol. The maximum atomic E-state index is 12.5. The van der Waals surface area contributed by atoms with Crippen molar-refractivity contribution < 1.29 is 27.7 Å². The van der Waals surface area contributed by atoms with Gasteiger partial charge in [0.15, 0.2) is 5.54 Å². The third-order valence-corrected chi connectivity index (χ3v) is 4.73. The summed E-state index contributed by atoms with van der Waals surface area (Å²) in [5, 5.41) is 12.2. The highest BCUT2D eigenvalue weighted by Crippen LogP contribution is 2.26. The van der Waals surface area contributed by atoms with Crippen molar-refractivity contribution in [2.24, 2.45) is 0 Å². The van der Waals surface area contributed by atoms with E-state index in [-0.39, 0.29) is 12.0 Å². The Morgan fingerprint density at radius 3 is 2.24 bits per heavy atom. The Morgan fingerprint density at radius 1 is 1.08 bits per heavy atom. The average Bonchev–Trinajstić information content (AvgIpc) is 2.59. The van der Waals surface area contributed by atoms with E-state index in [9.17, 15) is 23.1 Å². The van der Waals surface area contributed by atoms with Crippen molar-refractivity contribution in [1.82, 2.24) is 5.32 Å². The highest BCUT2D eigenvalue weighted by molar-refractivity contribution is 7.85. The predicted octanol–water partition coefficient (Wildman–Crippen LogP) is 2.05. The van der Waals surface area contributed by atoms with Crippen molar-refractivity contribution >= 4 is 22.0 Å². The molecule has 132 valence electrons. The number of amides is 1. The molecule has 0 aliphatic carbocycles. The molecule has 0 bridgehead atoms. The van der Waals surface area contributed by atoms with Crippen LogP contribution in [0, 0.1) is 0 Å². The summed E-state index contributed by atoms with van der Waals surface area (Å²) in [6.07, 6.45) is 0.0794. The molecule has 0 fully saturated rings. The third kappa shape index (κ3) is 3.86. The SMILES string of the molecule is CCC(NC(=O)c1cccc(S(=O)(=O)O)c1)(C(=O)O)c1ccccc1. The van der Waals surface area contributed by atoms with E-state index in [2.05, 4.69) is 5.32 Å². The summed E-state index contributed by atoms with van der Waals surface area (Å²) in [7, 11) is -4.47. The number of hydrogen-bond acceptors (Lipinski definition) is 4. The lowest BCUT2D eigenvalue weighted by molar-refractivity contribution is -0.145. The molecule has 3 N–H and O–H groups in total. The number of carbonyl (C=O) groups is 2. The second-order valence-corrected chi connectivity index (χ2v) is 6.81. The molecule has 2 rings (SSSR count). The second-order valence-electron chi connectivity index (χ2n) is 5.39. The number of aliphatic carboxylic acids is 1. The van der Waals surface area contributed by atoms with Crippen LogP contribution in [0.15, 0.2) is 59.5 Å². The fraction of sp³-hybridized carbons (Fsp3) is 0.176. The first-order valence-electron chi connectivity index (χ1n) is 7.39. The van der Waals surface area contributed by atoms with Gasteiger partial charge in [-0.3, -0.25) is 9.35 Å². The minimum atomic E-state index is -4.47. The van der Waals surface area contributed by atoms with Crippen LogP contribution in [0.3, 0.4) is 0 Å². The van der Waals surface area contributed by atoms with Crippen molar-refractivity contribution in [3.05, 3.63) is 65.7 Å². The molecule has 0 heterocycles. The number of benzene rings is 2. The molecule has 8 heteroatoms. The third-order valence-electron chi connectivity index (χ3n) is 3.88. The quantitative estimate of drug-likeness (QED) is 0.676. The molecule has 1 atom stereocenters. The lowest BCUT2D eigenvalue weighted by atomic mass is 9.87. The predicted molar refractivity (Wildman–Crippen MR) is 89.8 cm³/mol. The van der Waals surface area contributed by atoms with Gasteiger partial charge in [0.25, 0.3) is 16.0 Å². The van der Waals surface area contributed by atoms with Gasteiger partial charge in [-0.15, -0.1) is 0 Å². The summed E-state index contributed by atoms with van der Waals surface area (Å²) in [6.45, 7) is 1.62. The Labute approximate surface area is 145 Å². The summed E-state index contributed by atoms with van der Waals surface area (Å²) < 4.78 is 31.5. The van der Waals surface area contributed by atoms with E-state index < -0.39 is 32.4 Å². The fourth-order valence-corrected chi connectivity index (χ4v) is 3.01. The molecule has 0 saturated carbocycles. The number of nitrogens with one attached hydrogen (secondary N) is 1. The van der Waals surface area contributed by atoms with E-state index in [4.69, 9.17) is 4.55 Å². The lowest BCUT2D eigenvalue weighted by Gasteiger charge is -2.30. The largest absolute Gasteiger partial charge is 0.479 e. The molecular formula is C17H17NO6S. The van der Waals surface area contributed by atoms with Crippen LogP contribution in [0.1, 0.15) is 29.3 Å². The number of rotatable bonds is 6. The van der Waals surface area contributed by atoms with Crippen LogP contribution in [-0.2, 0) is 20.5 Å². The van der Waals surface area contributed by atoms with Crippen LogP contribution in [0.25, 0.3) is 0 Å². The molecule has 0 aliphatic heterocycles. The van der Waals surface area contributed by atoms with Gasteiger partial charge in [0.1, 0.15) is 0 Å². The number of carboxylic acid groups (broad SMARTS) is 1. The standard InChI is InChI=1S/C17H17NO6S/c1-2-17(16(20)21,13-8-4-3-5-9-13)18-15(19)12-7-6-10-14(11-12)25(22,23)24/h3-11H,2H2,1H3,(H,18,19)(H,20,21)(H,22,23,24). The normalized spacial score (nSPS) is 13.7. The van der Waals surface area contributed by atoms with E-state index in [0.29, 0.717) is 5.56 Å². The molecule has 25 heavy (non-hydrogen) atoms. The molecule has 7 nitrogen and oxygen atoms in total. The van der Waals surface area contributed by atoms with Gasteiger partial charge in [-0.25, -0.2) is 4.79 Å². The molecule has 0 aliphatic rings. The summed E-state index contributed by atoms with van der Waals surface area (Å²) in [4.78, 5) is 24.0. The number of hydrogen-bond donors (Lipinski definition) is 3. The molecule has 2 aromatic carbocycles. The summed E-state index contributed by atoms with van der Waals surface area (Å²) in [5.41, 5.74) is -1.35. The first-order chi connectivity index (χ1) is 11.7. The maximum absolute atomic E-state index is 12.5. The van der Waals surface area contributed by atoms with Crippen LogP contribution >= 0.6 is 0 Å². The number of carbonyl (C=O) groups excluding carboxylic acids is 1.